The van der Waals surface area contributed by atoms with Gasteiger partial charge in [-0.05, 0) is 60.9 Å². The number of benzene rings is 1. The number of carbonyl (C=O) groups is 1. The monoisotopic (exact) mass is 234 g/mol. The van der Waals surface area contributed by atoms with Gasteiger partial charge in [0.1, 0.15) is 0 Å². The van der Waals surface area contributed by atoms with E-state index < -0.39 is 5.97 Å². The lowest BCUT2D eigenvalue weighted by Gasteiger charge is -2.20. The van der Waals surface area contributed by atoms with Crippen LogP contribution >= 0.6 is 0 Å². The van der Waals surface area contributed by atoms with Gasteiger partial charge >= 0.3 is 5.97 Å². The lowest BCUT2D eigenvalue weighted by molar-refractivity contribution is 0.0694. The van der Waals surface area contributed by atoms with E-state index >= 15 is 0 Å². The Balaban J connectivity index is 3.74. The van der Waals surface area contributed by atoms with Gasteiger partial charge in [-0.2, -0.15) is 0 Å². The van der Waals surface area contributed by atoms with E-state index in [2.05, 4.69) is 20.8 Å². The van der Waals surface area contributed by atoms with E-state index in [1.165, 1.54) is 16.7 Å². The Kier molecular flexibility index (Phi) is 4.33. The molecule has 0 spiro atoms. The Morgan fingerprint density at radius 1 is 0.882 bits per heavy atom. The summed E-state index contributed by atoms with van der Waals surface area (Å²) in [5.41, 5.74) is 6.23. The molecule has 0 fully saturated rings. The molecule has 17 heavy (non-hydrogen) atoms. The molecule has 2 nitrogen and oxygen atoms in total. The summed E-state index contributed by atoms with van der Waals surface area (Å²) in [5, 5.41) is 9.41. The summed E-state index contributed by atoms with van der Waals surface area (Å²) in [5.74, 6) is -0.788. The van der Waals surface area contributed by atoms with Crippen LogP contribution in [0.15, 0.2) is 0 Å². The van der Waals surface area contributed by atoms with Crippen molar-refractivity contribution in [3.8, 4) is 0 Å². The van der Waals surface area contributed by atoms with Crippen molar-refractivity contribution in [2.24, 2.45) is 0 Å². The predicted molar refractivity (Wildman–Crippen MR) is 71.0 cm³/mol. The summed E-state index contributed by atoms with van der Waals surface area (Å²) in [6.07, 6.45) is 2.59. The smallest absolute Gasteiger partial charge is 0.336 e. The van der Waals surface area contributed by atoms with Gasteiger partial charge in [-0.3, -0.25) is 0 Å². The zero-order chi connectivity index (χ0) is 13.2. The van der Waals surface area contributed by atoms with Crippen LogP contribution < -0.4 is 0 Å². The van der Waals surface area contributed by atoms with Gasteiger partial charge in [0, 0.05) is 0 Å². The molecule has 0 bridgehead atoms. The minimum Gasteiger partial charge on any atom is -0.478 e. The van der Waals surface area contributed by atoms with Crippen LogP contribution in [-0.4, -0.2) is 11.1 Å². The molecule has 0 heterocycles. The minimum atomic E-state index is -0.788. The molecule has 0 unspecified atom stereocenters. The Morgan fingerprint density at radius 2 is 1.35 bits per heavy atom. The highest BCUT2D eigenvalue weighted by Crippen LogP contribution is 2.29. The number of carboxylic acid groups (broad SMARTS) is 1. The third-order valence-corrected chi connectivity index (χ3v) is 3.67. The predicted octanol–water partition coefficient (Wildman–Crippen LogP) is 3.69. The Morgan fingerprint density at radius 3 is 1.71 bits per heavy atom. The van der Waals surface area contributed by atoms with Crippen LogP contribution in [0.4, 0.5) is 0 Å². The lowest BCUT2D eigenvalue weighted by atomic mass is 9.84. The van der Waals surface area contributed by atoms with Crippen molar-refractivity contribution in [1.82, 2.24) is 0 Å². The largest absolute Gasteiger partial charge is 0.478 e. The van der Waals surface area contributed by atoms with Crippen LogP contribution in [0.25, 0.3) is 0 Å². The normalized spacial score (nSPS) is 10.6. The number of aromatic carboxylic acids is 1. The highest BCUT2D eigenvalue weighted by Gasteiger charge is 2.20. The lowest BCUT2D eigenvalue weighted by Crippen LogP contribution is -2.13. The quantitative estimate of drug-likeness (QED) is 0.862. The molecule has 1 aromatic rings. The first-order valence-corrected chi connectivity index (χ1v) is 6.36. The van der Waals surface area contributed by atoms with Crippen molar-refractivity contribution in [3.63, 3.8) is 0 Å². The van der Waals surface area contributed by atoms with Gasteiger partial charge in [-0.25, -0.2) is 4.79 Å². The summed E-state index contributed by atoms with van der Waals surface area (Å²) < 4.78 is 0. The summed E-state index contributed by atoms with van der Waals surface area (Å²) in [6.45, 7) is 10.3. The van der Waals surface area contributed by atoms with Gasteiger partial charge in [0.25, 0.3) is 0 Å². The average molecular weight is 234 g/mol. The van der Waals surface area contributed by atoms with Crippen molar-refractivity contribution in [3.05, 3.63) is 33.4 Å². The molecule has 0 aromatic heterocycles. The number of carboxylic acids is 1. The first kappa shape index (κ1) is 13.8. The van der Waals surface area contributed by atoms with Crippen LogP contribution in [0.2, 0.25) is 0 Å². The second-order valence-corrected chi connectivity index (χ2v) is 4.43. The van der Waals surface area contributed by atoms with E-state index in [0.717, 1.165) is 30.4 Å². The zero-order valence-electron chi connectivity index (χ0n) is 11.5. The van der Waals surface area contributed by atoms with Crippen LogP contribution in [-0.2, 0) is 19.3 Å². The fraction of sp³-hybridized carbons (Fsp3) is 0.533. The highest BCUT2D eigenvalue weighted by molar-refractivity contribution is 5.92. The molecule has 1 aromatic carbocycles. The molecule has 0 aliphatic carbocycles. The van der Waals surface area contributed by atoms with Gasteiger partial charge < -0.3 is 5.11 Å². The van der Waals surface area contributed by atoms with Crippen molar-refractivity contribution in [2.45, 2.75) is 53.9 Å². The van der Waals surface area contributed by atoms with E-state index in [4.69, 9.17) is 0 Å². The second-order valence-electron chi connectivity index (χ2n) is 4.43. The molecule has 0 amide bonds. The van der Waals surface area contributed by atoms with Crippen LogP contribution in [0.5, 0.6) is 0 Å². The third-order valence-electron chi connectivity index (χ3n) is 3.67. The molecule has 1 rings (SSSR count). The van der Waals surface area contributed by atoms with Crippen molar-refractivity contribution in [1.29, 1.82) is 0 Å². The molecule has 0 saturated heterocycles. The summed E-state index contributed by atoms with van der Waals surface area (Å²) in [6, 6.07) is 0. The molecule has 94 valence electrons. The second kappa shape index (κ2) is 5.35. The van der Waals surface area contributed by atoms with Gasteiger partial charge in [0.2, 0.25) is 0 Å². The maximum absolute atomic E-state index is 11.4. The van der Waals surface area contributed by atoms with E-state index in [9.17, 15) is 9.90 Å². The molecule has 0 radical (unpaired) electrons. The molecule has 0 aliphatic heterocycles. The standard InChI is InChI=1S/C15H22O2/c1-6-11-9(4)12(7-2)13(8-3)14(10(11)5)15(16)17/h6-8H2,1-5H3,(H,16,17). The topological polar surface area (TPSA) is 37.3 Å². The molecule has 0 aliphatic rings. The third kappa shape index (κ3) is 2.21. The Bertz CT molecular complexity index is 445. The van der Waals surface area contributed by atoms with Crippen molar-refractivity contribution >= 4 is 5.97 Å². The molecule has 1 N–H and O–H groups in total. The molecular formula is C15H22O2. The van der Waals surface area contributed by atoms with Crippen molar-refractivity contribution in [2.75, 3.05) is 0 Å². The fourth-order valence-corrected chi connectivity index (χ4v) is 2.91. The maximum Gasteiger partial charge on any atom is 0.336 e. The number of hydrogen-bond acceptors (Lipinski definition) is 1. The van der Waals surface area contributed by atoms with Crippen LogP contribution in [0.1, 0.15) is 58.9 Å². The van der Waals surface area contributed by atoms with Gasteiger partial charge in [-0.1, -0.05) is 20.8 Å². The molecule has 0 saturated carbocycles. The zero-order valence-corrected chi connectivity index (χ0v) is 11.5. The SMILES string of the molecule is CCc1c(C)c(CC)c(CC)c(C(=O)O)c1C. The molecule has 2 heteroatoms. The summed E-state index contributed by atoms with van der Waals surface area (Å²) in [7, 11) is 0. The van der Waals surface area contributed by atoms with Crippen LogP contribution in [0.3, 0.4) is 0 Å². The first-order chi connectivity index (χ1) is 7.99. The first-order valence-electron chi connectivity index (χ1n) is 6.36. The summed E-state index contributed by atoms with van der Waals surface area (Å²) in [4.78, 5) is 11.4. The van der Waals surface area contributed by atoms with E-state index in [0.29, 0.717) is 5.56 Å². The fourth-order valence-electron chi connectivity index (χ4n) is 2.91. The molecular weight excluding hydrogens is 212 g/mol. The highest BCUT2D eigenvalue weighted by atomic mass is 16.4. The minimum absolute atomic E-state index is 0.534. The van der Waals surface area contributed by atoms with Crippen molar-refractivity contribution < 1.29 is 9.90 Å². The average Bonchev–Trinajstić information content (AvgIpc) is 2.28. The van der Waals surface area contributed by atoms with Gasteiger partial charge in [-0.15, -0.1) is 0 Å². The van der Waals surface area contributed by atoms with Gasteiger partial charge in [0.15, 0.2) is 0 Å². The summed E-state index contributed by atoms with van der Waals surface area (Å²) >= 11 is 0. The van der Waals surface area contributed by atoms with E-state index in [1.807, 2.05) is 13.8 Å². The van der Waals surface area contributed by atoms with Gasteiger partial charge in [0.05, 0.1) is 5.56 Å². The Labute approximate surface area is 104 Å². The number of rotatable bonds is 4. The Hall–Kier alpha value is -1.31. The van der Waals surface area contributed by atoms with E-state index in [1.54, 1.807) is 0 Å². The maximum atomic E-state index is 11.4. The van der Waals surface area contributed by atoms with Crippen LogP contribution in [0, 0.1) is 13.8 Å². The van der Waals surface area contributed by atoms with E-state index in [-0.39, 0.29) is 0 Å². The number of hydrogen-bond donors (Lipinski definition) is 1. The molecule has 0 atom stereocenters.